The molecule has 1 aliphatic rings. The second-order valence-electron chi connectivity index (χ2n) is 6.80. The first-order chi connectivity index (χ1) is 13.6. The Morgan fingerprint density at radius 1 is 1.32 bits per heavy atom. The Morgan fingerprint density at radius 2 is 2.11 bits per heavy atom. The number of rotatable bonds is 5. The summed E-state index contributed by atoms with van der Waals surface area (Å²) < 4.78 is 3.57. The van der Waals surface area contributed by atoms with Crippen molar-refractivity contribution in [1.29, 1.82) is 0 Å². The van der Waals surface area contributed by atoms with Gasteiger partial charge in [0.05, 0.1) is 18.2 Å². The highest BCUT2D eigenvalue weighted by atomic mass is 32.2. The smallest absolute Gasteiger partial charge is 0.232 e. The van der Waals surface area contributed by atoms with Gasteiger partial charge in [0.2, 0.25) is 17.0 Å². The summed E-state index contributed by atoms with van der Waals surface area (Å²) in [6, 6.07) is 9.09. The quantitative estimate of drug-likeness (QED) is 0.644. The third kappa shape index (κ3) is 3.49. The van der Waals surface area contributed by atoms with Crippen LogP contribution in [0.15, 0.2) is 47.9 Å². The molecular weight excluding hydrogens is 374 g/mol. The molecular formula is C19H23N7OS. The molecule has 9 heteroatoms. The fraction of sp³-hybridized carbons (Fsp3) is 0.368. The molecule has 3 heterocycles. The maximum Gasteiger partial charge on any atom is 0.232 e. The van der Waals surface area contributed by atoms with Crippen molar-refractivity contribution in [2.24, 2.45) is 13.0 Å². The molecule has 1 amide bonds. The predicted molar refractivity (Wildman–Crippen MR) is 109 cm³/mol. The molecule has 0 saturated heterocycles. The number of carbonyl (C=O) groups is 1. The molecule has 0 fully saturated rings. The molecule has 2 aromatic heterocycles. The number of para-hydroxylation sites is 1. The first kappa shape index (κ1) is 18.5. The second kappa shape index (κ2) is 7.67. The summed E-state index contributed by atoms with van der Waals surface area (Å²) >= 11 is 1.58. The van der Waals surface area contributed by atoms with Crippen LogP contribution in [0.2, 0.25) is 0 Å². The van der Waals surface area contributed by atoms with E-state index >= 15 is 0 Å². The first-order valence-electron chi connectivity index (χ1n) is 9.27. The fourth-order valence-electron chi connectivity index (χ4n) is 3.56. The van der Waals surface area contributed by atoms with Crippen molar-refractivity contribution in [3.8, 4) is 0 Å². The van der Waals surface area contributed by atoms with E-state index < -0.39 is 0 Å². The average Bonchev–Trinajstić information content (AvgIpc) is 3.27. The summed E-state index contributed by atoms with van der Waals surface area (Å²) in [5.41, 5.74) is 1.71. The third-order valence-corrected chi connectivity index (χ3v) is 5.51. The number of hydrogen-bond acceptors (Lipinski definition) is 6. The molecule has 0 spiro atoms. The first-order valence-corrected chi connectivity index (χ1v) is 10.3. The second-order valence-corrected chi connectivity index (χ2v) is 8.03. The van der Waals surface area contributed by atoms with Crippen LogP contribution >= 0.6 is 11.8 Å². The van der Waals surface area contributed by atoms with Gasteiger partial charge in [-0.1, -0.05) is 36.9 Å². The molecule has 4 rings (SSSR count). The number of thioether (sulfide) groups is 1. The third-order valence-electron chi connectivity index (χ3n) is 4.79. The van der Waals surface area contributed by atoms with E-state index in [1.54, 1.807) is 22.6 Å². The van der Waals surface area contributed by atoms with Crippen LogP contribution in [0.1, 0.15) is 25.5 Å². The van der Waals surface area contributed by atoms with Crippen LogP contribution in [0.4, 0.5) is 11.6 Å². The number of nitrogens with one attached hydrogen (secondary N) is 2. The lowest BCUT2D eigenvalue weighted by Gasteiger charge is -2.36. The lowest BCUT2D eigenvalue weighted by molar-refractivity contribution is -0.121. The van der Waals surface area contributed by atoms with E-state index in [2.05, 4.69) is 32.7 Å². The van der Waals surface area contributed by atoms with Gasteiger partial charge < -0.3 is 10.6 Å². The molecule has 1 aliphatic heterocycles. The van der Waals surface area contributed by atoms with Crippen molar-refractivity contribution in [1.82, 2.24) is 24.5 Å². The van der Waals surface area contributed by atoms with Gasteiger partial charge in [-0.05, 0) is 24.8 Å². The highest BCUT2D eigenvalue weighted by molar-refractivity contribution is 7.99. The largest absolute Gasteiger partial charge is 0.351 e. The van der Waals surface area contributed by atoms with E-state index in [0.717, 1.165) is 17.0 Å². The Morgan fingerprint density at radius 3 is 2.79 bits per heavy atom. The standard InChI is InChI=1S/C19H23N7OS/c1-4-28-19-23-18-21-12(2)15(17(27)22-14-8-6-5-7-9-14)16(26(18)24-19)13-10-20-25(3)11-13/h5-12,15-16H,4H2,1-3H3,(H,22,27)(H,21,23,24)/t12-,15-,16-/m1/s1. The highest BCUT2D eigenvalue weighted by Gasteiger charge is 2.42. The van der Waals surface area contributed by atoms with Gasteiger partial charge in [0.25, 0.3) is 0 Å². The molecule has 0 bridgehead atoms. The SMILES string of the molecule is CCSc1nc2n(n1)[C@H](c1cnn(C)c1)[C@H](C(=O)Nc1ccccc1)[C@@H](C)N2. The number of benzene rings is 1. The minimum absolute atomic E-state index is 0.0640. The molecule has 0 radical (unpaired) electrons. The fourth-order valence-corrected chi connectivity index (χ4v) is 4.12. The number of aryl methyl sites for hydroxylation is 1. The Bertz CT molecular complexity index is 968. The number of anilines is 2. The average molecular weight is 398 g/mol. The van der Waals surface area contributed by atoms with Gasteiger partial charge in [-0.2, -0.15) is 10.1 Å². The number of aromatic nitrogens is 5. The zero-order chi connectivity index (χ0) is 19.7. The minimum atomic E-state index is -0.377. The van der Waals surface area contributed by atoms with Crippen LogP contribution in [-0.2, 0) is 11.8 Å². The zero-order valence-electron chi connectivity index (χ0n) is 16.0. The Balaban J connectivity index is 1.73. The summed E-state index contributed by atoms with van der Waals surface area (Å²) in [7, 11) is 1.87. The molecule has 3 atom stereocenters. The van der Waals surface area contributed by atoms with Crippen LogP contribution in [0.3, 0.4) is 0 Å². The van der Waals surface area contributed by atoms with E-state index in [0.29, 0.717) is 11.1 Å². The molecule has 2 N–H and O–H groups in total. The summed E-state index contributed by atoms with van der Waals surface area (Å²) in [6.45, 7) is 4.07. The number of hydrogen-bond donors (Lipinski definition) is 2. The van der Waals surface area contributed by atoms with E-state index in [4.69, 9.17) is 0 Å². The summed E-state index contributed by atoms with van der Waals surface area (Å²) in [5, 5.41) is 16.1. The van der Waals surface area contributed by atoms with E-state index in [-0.39, 0.29) is 23.9 Å². The number of amides is 1. The van der Waals surface area contributed by atoms with Gasteiger partial charge in [-0.25, -0.2) is 4.68 Å². The van der Waals surface area contributed by atoms with Crippen molar-refractivity contribution in [3.63, 3.8) is 0 Å². The summed E-state index contributed by atoms with van der Waals surface area (Å²) in [5.74, 6) is 1.12. The minimum Gasteiger partial charge on any atom is -0.351 e. The highest BCUT2D eigenvalue weighted by Crippen LogP contribution is 2.37. The molecule has 0 saturated carbocycles. The molecule has 146 valence electrons. The van der Waals surface area contributed by atoms with Crippen molar-refractivity contribution in [2.75, 3.05) is 16.4 Å². The van der Waals surface area contributed by atoms with E-state index in [1.807, 2.05) is 55.2 Å². The van der Waals surface area contributed by atoms with Gasteiger partial charge in [0, 0.05) is 30.5 Å². The zero-order valence-corrected chi connectivity index (χ0v) is 16.8. The van der Waals surface area contributed by atoms with Crippen LogP contribution in [0.25, 0.3) is 0 Å². The van der Waals surface area contributed by atoms with Gasteiger partial charge in [-0.15, -0.1) is 5.10 Å². The summed E-state index contributed by atoms with van der Waals surface area (Å²) in [4.78, 5) is 17.9. The topological polar surface area (TPSA) is 89.7 Å². The van der Waals surface area contributed by atoms with Crippen LogP contribution in [0.5, 0.6) is 0 Å². The molecule has 0 aliphatic carbocycles. The van der Waals surface area contributed by atoms with Gasteiger partial charge in [-0.3, -0.25) is 9.48 Å². The Kier molecular flexibility index (Phi) is 5.08. The summed E-state index contributed by atoms with van der Waals surface area (Å²) in [6.07, 6.45) is 3.73. The van der Waals surface area contributed by atoms with E-state index in [9.17, 15) is 4.79 Å². The molecule has 8 nitrogen and oxygen atoms in total. The molecule has 28 heavy (non-hydrogen) atoms. The van der Waals surface area contributed by atoms with Crippen LogP contribution in [-0.4, -0.2) is 42.2 Å². The van der Waals surface area contributed by atoms with Crippen LogP contribution in [0, 0.1) is 5.92 Å². The van der Waals surface area contributed by atoms with Gasteiger partial charge >= 0.3 is 0 Å². The van der Waals surface area contributed by atoms with Gasteiger partial charge in [0.1, 0.15) is 0 Å². The predicted octanol–water partition coefficient (Wildman–Crippen LogP) is 2.78. The maximum absolute atomic E-state index is 13.3. The van der Waals surface area contributed by atoms with Crippen molar-refractivity contribution in [2.45, 2.75) is 31.1 Å². The number of carbonyl (C=O) groups excluding carboxylic acids is 1. The monoisotopic (exact) mass is 397 g/mol. The lowest BCUT2D eigenvalue weighted by atomic mass is 9.86. The van der Waals surface area contributed by atoms with Crippen molar-refractivity contribution in [3.05, 3.63) is 48.3 Å². The van der Waals surface area contributed by atoms with E-state index in [1.165, 1.54) is 0 Å². The van der Waals surface area contributed by atoms with Crippen molar-refractivity contribution >= 4 is 29.3 Å². The van der Waals surface area contributed by atoms with Crippen LogP contribution < -0.4 is 10.6 Å². The molecule has 0 unspecified atom stereocenters. The van der Waals surface area contributed by atoms with Gasteiger partial charge in [0.15, 0.2) is 0 Å². The Hall–Kier alpha value is -2.81. The molecule has 1 aromatic carbocycles. The lowest BCUT2D eigenvalue weighted by Crippen LogP contribution is -2.46. The van der Waals surface area contributed by atoms with Crippen molar-refractivity contribution < 1.29 is 4.79 Å². The Labute approximate surface area is 167 Å². The normalized spacial score (nSPS) is 21.0. The molecule has 3 aromatic rings. The number of nitrogens with zero attached hydrogens (tertiary/aromatic N) is 5. The maximum atomic E-state index is 13.3. The number of fused-ring (bicyclic) bond motifs is 1.